The average molecular weight is 491 g/mol. The number of aldehydes is 4. The van der Waals surface area contributed by atoms with Gasteiger partial charge in [-0.25, -0.2) is 0 Å². The van der Waals surface area contributed by atoms with E-state index in [0.717, 1.165) is 12.6 Å². The first kappa shape index (κ1) is 25.3. The fraction of sp³-hybridized carbons (Fsp3) is 0. The second kappa shape index (κ2) is 12.3. The van der Waals surface area contributed by atoms with Crippen LogP contribution in [0.4, 0.5) is 0 Å². The maximum atomic E-state index is 11.7. The number of hydrogen-bond donors (Lipinski definition) is 0. The monoisotopic (exact) mass is 490 g/mol. The fourth-order valence-corrected chi connectivity index (χ4v) is 3.53. The van der Waals surface area contributed by atoms with Gasteiger partial charge < -0.3 is 0 Å². The van der Waals surface area contributed by atoms with Crippen LogP contribution in [0.25, 0.3) is 0 Å². The summed E-state index contributed by atoms with van der Waals surface area (Å²) in [5.74, 6) is 17.8. The van der Waals surface area contributed by atoms with Gasteiger partial charge in [0.2, 0.25) is 0 Å². The Labute approximate surface area is 220 Å². The quantitative estimate of drug-likeness (QED) is 0.294. The largest absolute Gasteiger partial charge is 0.298 e. The van der Waals surface area contributed by atoms with Crippen LogP contribution in [-0.2, 0) is 0 Å². The molecule has 0 aliphatic rings. The summed E-state index contributed by atoms with van der Waals surface area (Å²) in [4.78, 5) is 45.5. The Bertz CT molecular complexity index is 1760. The molecule has 4 rings (SSSR count). The zero-order valence-electron chi connectivity index (χ0n) is 20.0. The number of hydrogen-bond acceptors (Lipinski definition) is 4. The molecule has 0 saturated carbocycles. The molecule has 0 N–H and O–H groups in total. The van der Waals surface area contributed by atoms with Crippen molar-refractivity contribution >= 4 is 25.1 Å². The Hall–Kier alpha value is -5.76. The lowest BCUT2D eigenvalue weighted by Gasteiger charge is -2.00. The minimum absolute atomic E-state index is 0.378. The Balaban J connectivity index is 1.58. The number of rotatable bonds is 4. The van der Waals surface area contributed by atoms with Crippen LogP contribution in [0.2, 0.25) is 0 Å². The van der Waals surface area contributed by atoms with Gasteiger partial charge in [0.15, 0.2) is 18.9 Å². The van der Waals surface area contributed by atoms with Crippen LogP contribution < -0.4 is 0 Å². The molecule has 4 heteroatoms. The lowest BCUT2D eigenvalue weighted by molar-refractivity contribution is 0.111. The molecule has 38 heavy (non-hydrogen) atoms. The van der Waals surface area contributed by atoms with Crippen LogP contribution in [-0.4, -0.2) is 25.1 Å². The summed E-state index contributed by atoms with van der Waals surface area (Å²) in [5, 5.41) is 0. The smallest absolute Gasteiger partial charge is 0.151 e. The maximum absolute atomic E-state index is 11.7. The maximum Gasteiger partial charge on any atom is 0.151 e. The van der Waals surface area contributed by atoms with Crippen LogP contribution >= 0.6 is 0 Å². The lowest BCUT2D eigenvalue weighted by atomic mass is 10.0. The van der Waals surface area contributed by atoms with E-state index in [4.69, 9.17) is 0 Å². The summed E-state index contributed by atoms with van der Waals surface area (Å²) in [6, 6.07) is 24.1. The molecule has 0 atom stereocenters. The highest BCUT2D eigenvalue weighted by atomic mass is 16.1. The molecule has 4 aromatic carbocycles. The molecule has 0 bridgehead atoms. The summed E-state index contributed by atoms with van der Waals surface area (Å²) >= 11 is 0. The number of carbonyl (C=O) groups excluding carboxylic acids is 4. The normalized spacial score (nSPS) is 9.37. The van der Waals surface area contributed by atoms with Crippen LogP contribution in [0, 0.1) is 35.5 Å². The molecule has 4 nitrogen and oxygen atoms in total. The van der Waals surface area contributed by atoms with Crippen molar-refractivity contribution in [3.63, 3.8) is 0 Å². The van der Waals surface area contributed by atoms with E-state index >= 15 is 0 Å². The second-order valence-corrected chi connectivity index (χ2v) is 8.04. The topological polar surface area (TPSA) is 68.3 Å². The Morgan fingerprint density at radius 1 is 0.395 bits per heavy atom. The molecule has 0 saturated heterocycles. The zero-order chi connectivity index (χ0) is 26.7. The van der Waals surface area contributed by atoms with Gasteiger partial charge in [-0.3, -0.25) is 19.2 Å². The zero-order valence-corrected chi connectivity index (χ0v) is 20.0. The lowest BCUT2D eigenvalue weighted by Crippen LogP contribution is -1.91. The van der Waals surface area contributed by atoms with Crippen molar-refractivity contribution in [1.29, 1.82) is 0 Å². The molecule has 178 valence electrons. The van der Waals surface area contributed by atoms with E-state index in [9.17, 15) is 19.2 Å². The molecule has 0 fully saturated rings. The first-order valence-electron chi connectivity index (χ1n) is 11.5. The van der Waals surface area contributed by atoms with Gasteiger partial charge in [0.05, 0.1) is 0 Å². The van der Waals surface area contributed by atoms with E-state index in [-0.39, 0.29) is 0 Å². The van der Waals surface area contributed by atoms with Crippen LogP contribution in [0.1, 0.15) is 74.8 Å². The predicted octanol–water partition coefficient (Wildman–Crippen LogP) is 5.14. The average Bonchev–Trinajstić information content (AvgIpc) is 2.98. The van der Waals surface area contributed by atoms with Gasteiger partial charge in [0, 0.05) is 55.6 Å². The third-order valence-electron chi connectivity index (χ3n) is 5.49. The van der Waals surface area contributed by atoms with Crippen LogP contribution in [0.3, 0.4) is 0 Å². The summed E-state index contributed by atoms with van der Waals surface area (Å²) in [7, 11) is 0. The van der Waals surface area contributed by atoms with E-state index in [1.807, 2.05) is 0 Å². The Morgan fingerprint density at radius 2 is 0.895 bits per heavy atom. The van der Waals surface area contributed by atoms with Crippen molar-refractivity contribution in [3.05, 3.63) is 141 Å². The van der Waals surface area contributed by atoms with Crippen molar-refractivity contribution in [3.8, 4) is 35.5 Å². The van der Waals surface area contributed by atoms with Gasteiger partial charge in [-0.15, -0.1) is 0 Å². The first-order valence-corrected chi connectivity index (χ1v) is 11.5. The van der Waals surface area contributed by atoms with Crippen LogP contribution in [0.15, 0.2) is 84.9 Å². The van der Waals surface area contributed by atoms with E-state index in [2.05, 4.69) is 35.5 Å². The van der Waals surface area contributed by atoms with Gasteiger partial charge in [0.1, 0.15) is 6.29 Å². The van der Waals surface area contributed by atoms with Gasteiger partial charge >= 0.3 is 0 Å². The summed E-state index contributed by atoms with van der Waals surface area (Å²) in [6.07, 6.45) is 2.93. The molecule has 0 unspecified atom stereocenters. The van der Waals surface area contributed by atoms with Gasteiger partial charge in [0.25, 0.3) is 0 Å². The van der Waals surface area contributed by atoms with E-state index in [0.29, 0.717) is 68.2 Å². The highest BCUT2D eigenvalue weighted by molar-refractivity contribution is 5.82. The van der Waals surface area contributed by atoms with Crippen LogP contribution in [0.5, 0.6) is 0 Å². The fourth-order valence-electron chi connectivity index (χ4n) is 3.53. The summed E-state index contributed by atoms with van der Waals surface area (Å²) in [6.45, 7) is 0. The molecule has 0 aromatic heterocycles. The second-order valence-electron chi connectivity index (χ2n) is 8.04. The molecule has 0 heterocycles. The van der Waals surface area contributed by atoms with Crippen molar-refractivity contribution in [2.24, 2.45) is 0 Å². The third kappa shape index (κ3) is 6.27. The molecule has 4 aromatic rings. The predicted molar refractivity (Wildman–Crippen MR) is 145 cm³/mol. The highest BCUT2D eigenvalue weighted by Crippen LogP contribution is 2.13. The molecular formula is C34H18O4. The molecule has 0 spiro atoms. The van der Waals surface area contributed by atoms with E-state index < -0.39 is 0 Å². The van der Waals surface area contributed by atoms with Gasteiger partial charge in [-0.1, -0.05) is 65.9 Å². The van der Waals surface area contributed by atoms with Crippen molar-refractivity contribution in [2.75, 3.05) is 0 Å². The molecular weight excluding hydrogens is 472 g/mol. The van der Waals surface area contributed by atoms with Gasteiger partial charge in [-0.05, 0) is 54.6 Å². The van der Waals surface area contributed by atoms with Crippen molar-refractivity contribution in [1.82, 2.24) is 0 Å². The molecule has 0 aliphatic heterocycles. The third-order valence-corrected chi connectivity index (χ3v) is 5.49. The Morgan fingerprint density at radius 3 is 1.42 bits per heavy atom. The van der Waals surface area contributed by atoms with Crippen molar-refractivity contribution in [2.45, 2.75) is 0 Å². The summed E-state index contributed by atoms with van der Waals surface area (Å²) < 4.78 is 0. The number of carbonyl (C=O) groups is 4. The standard InChI is InChI=1S/C34H18O4/c35-21-28-5-3-4-25(18-28)8-14-30-15-11-27(20-33(30)23-37)12-17-31-16-10-26(19-34(31)24-38)9-13-29-6-1-2-7-32(29)22-36/h1-7,10-11,15-16,18-24H. The SMILES string of the molecule is O=Cc1cccc(C#Cc2ccc(C#Cc3ccc(C#Cc4ccccc4C=O)cc3C=O)cc2C=O)c1. The highest BCUT2D eigenvalue weighted by Gasteiger charge is 2.03. The minimum Gasteiger partial charge on any atom is -0.298 e. The Kier molecular flexibility index (Phi) is 8.19. The van der Waals surface area contributed by atoms with E-state index in [1.165, 1.54) is 0 Å². The molecule has 0 radical (unpaired) electrons. The van der Waals surface area contributed by atoms with E-state index in [1.54, 1.807) is 84.9 Å². The molecule has 0 amide bonds. The van der Waals surface area contributed by atoms with Gasteiger partial charge in [-0.2, -0.15) is 0 Å². The molecule has 0 aliphatic carbocycles. The summed E-state index contributed by atoms with van der Waals surface area (Å²) in [5.41, 5.74) is 5.31. The van der Waals surface area contributed by atoms with Crippen molar-refractivity contribution < 1.29 is 19.2 Å². The number of benzene rings is 4. The minimum atomic E-state index is 0.378. The first-order chi connectivity index (χ1) is 18.6.